The van der Waals surface area contributed by atoms with Crippen LogP contribution in [0.2, 0.25) is 0 Å². The molecule has 0 aromatic carbocycles. The Morgan fingerprint density at radius 2 is 2.23 bits per heavy atom. The summed E-state index contributed by atoms with van der Waals surface area (Å²) in [6.45, 7) is -1.35. The van der Waals surface area contributed by atoms with Gasteiger partial charge < -0.3 is 4.74 Å². The fourth-order valence-corrected chi connectivity index (χ4v) is 0.830. The van der Waals surface area contributed by atoms with Crippen molar-refractivity contribution < 1.29 is 18.3 Å². The fourth-order valence-electron chi connectivity index (χ4n) is 0.830. The third-order valence-electron chi connectivity index (χ3n) is 1.44. The summed E-state index contributed by atoms with van der Waals surface area (Å²) in [6.07, 6.45) is 0.606. The van der Waals surface area contributed by atoms with Crippen molar-refractivity contribution in [1.82, 2.24) is 4.98 Å². The Kier molecular flexibility index (Phi) is 2.89. The smallest absolute Gasteiger partial charge is 0.388 e. The van der Waals surface area contributed by atoms with E-state index in [1.165, 1.54) is 12.1 Å². The number of hydrogen-bond donors (Lipinski definition) is 0. The molecular formula is C8H7F2NO2. The van der Waals surface area contributed by atoms with Crippen LogP contribution in [0, 0.1) is 6.92 Å². The largest absolute Gasteiger partial charge is 0.417 e. The van der Waals surface area contributed by atoms with Crippen LogP contribution in [-0.4, -0.2) is 17.9 Å². The van der Waals surface area contributed by atoms with E-state index < -0.39 is 6.61 Å². The Hall–Kier alpha value is -1.52. The molecule has 0 N–H and O–H groups in total. The minimum Gasteiger partial charge on any atom is -0.417 e. The molecule has 1 aromatic heterocycles. The van der Waals surface area contributed by atoms with Crippen LogP contribution in [0.5, 0.6) is 5.88 Å². The van der Waals surface area contributed by atoms with Crippen LogP contribution < -0.4 is 4.74 Å². The van der Waals surface area contributed by atoms with Crippen LogP contribution in [0.15, 0.2) is 12.1 Å². The minimum absolute atomic E-state index is 0.182. The van der Waals surface area contributed by atoms with E-state index in [1.807, 2.05) is 0 Å². The van der Waals surface area contributed by atoms with Crippen molar-refractivity contribution in [3.8, 4) is 5.88 Å². The number of aryl methyl sites for hydroxylation is 1. The van der Waals surface area contributed by atoms with Gasteiger partial charge in [-0.25, -0.2) is 4.98 Å². The van der Waals surface area contributed by atoms with Gasteiger partial charge >= 0.3 is 6.61 Å². The molecule has 3 nitrogen and oxygen atoms in total. The van der Waals surface area contributed by atoms with Crippen molar-refractivity contribution in [2.75, 3.05) is 0 Å². The SMILES string of the molecule is Cc1nc(OC(F)F)ccc1C=O. The normalized spacial score (nSPS) is 10.2. The van der Waals surface area contributed by atoms with Crippen LogP contribution >= 0.6 is 0 Å². The van der Waals surface area contributed by atoms with Gasteiger partial charge in [-0.05, 0) is 13.0 Å². The van der Waals surface area contributed by atoms with E-state index in [0.29, 0.717) is 17.5 Å². The predicted molar refractivity (Wildman–Crippen MR) is 41.0 cm³/mol. The Labute approximate surface area is 73.4 Å². The highest BCUT2D eigenvalue weighted by atomic mass is 19.3. The van der Waals surface area contributed by atoms with Crippen LogP contribution in [0.1, 0.15) is 16.1 Å². The number of aromatic nitrogens is 1. The highest BCUT2D eigenvalue weighted by Gasteiger charge is 2.06. The van der Waals surface area contributed by atoms with Crippen molar-refractivity contribution in [2.24, 2.45) is 0 Å². The molecule has 5 heteroatoms. The molecule has 0 saturated carbocycles. The predicted octanol–water partition coefficient (Wildman–Crippen LogP) is 1.80. The van der Waals surface area contributed by atoms with Gasteiger partial charge in [0.15, 0.2) is 6.29 Å². The van der Waals surface area contributed by atoms with Gasteiger partial charge in [0, 0.05) is 11.6 Å². The molecule has 1 rings (SSSR count). The number of halogens is 2. The van der Waals surface area contributed by atoms with E-state index in [-0.39, 0.29) is 5.88 Å². The summed E-state index contributed by atoms with van der Waals surface area (Å²) in [5.74, 6) is -0.182. The zero-order chi connectivity index (χ0) is 9.84. The van der Waals surface area contributed by atoms with Crippen LogP contribution in [-0.2, 0) is 0 Å². The summed E-state index contributed by atoms with van der Waals surface area (Å²) in [6, 6.07) is 2.61. The second-order valence-corrected chi connectivity index (χ2v) is 2.32. The van der Waals surface area contributed by atoms with E-state index in [0.717, 1.165) is 0 Å². The first-order valence-corrected chi connectivity index (χ1v) is 3.51. The maximum absolute atomic E-state index is 11.7. The molecular weight excluding hydrogens is 180 g/mol. The number of carbonyl (C=O) groups excluding carboxylic acids is 1. The molecule has 0 saturated heterocycles. The fraction of sp³-hybridized carbons (Fsp3) is 0.250. The lowest BCUT2D eigenvalue weighted by molar-refractivity contribution is -0.0529. The number of carbonyl (C=O) groups is 1. The lowest BCUT2D eigenvalue weighted by Crippen LogP contribution is -2.04. The van der Waals surface area contributed by atoms with Crippen LogP contribution in [0.3, 0.4) is 0 Å². The molecule has 13 heavy (non-hydrogen) atoms. The van der Waals surface area contributed by atoms with Gasteiger partial charge in [-0.3, -0.25) is 4.79 Å². The first kappa shape index (κ1) is 9.57. The summed E-state index contributed by atoms with van der Waals surface area (Å²) in [4.78, 5) is 14.0. The molecule has 0 fully saturated rings. The van der Waals surface area contributed by atoms with Crippen molar-refractivity contribution in [3.63, 3.8) is 0 Å². The van der Waals surface area contributed by atoms with Gasteiger partial charge in [0.1, 0.15) is 0 Å². The molecule has 1 heterocycles. The Balaban J connectivity index is 2.89. The van der Waals surface area contributed by atoms with E-state index in [9.17, 15) is 13.6 Å². The number of alkyl halides is 2. The summed E-state index contributed by atoms with van der Waals surface area (Å²) in [7, 11) is 0. The minimum atomic E-state index is -2.89. The van der Waals surface area contributed by atoms with E-state index in [4.69, 9.17) is 0 Å². The van der Waals surface area contributed by atoms with E-state index in [1.54, 1.807) is 6.92 Å². The van der Waals surface area contributed by atoms with E-state index in [2.05, 4.69) is 9.72 Å². The first-order valence-electron chi connectivity index (χ1n) is 3.51. The molecule has 0 spiro atoms. The van der Waals surface area contributed by atoms with Gasteiger partial charge in [-0.15, -0.1) is 0 Å². The van der Waals surface area contributed by atoms with Gasteiger partial charge in [0.2, 0.25) is 5.88 Å². The van der Waals surface area contributed by atoms with Crippen molar-refractivity contribution in [2.45, 2.75) is 13.5 Å². The lowest BCUT2D eigenvalue weighted by Gasteiger charge is -2.04. The number of pyridine rings is 1. The zero-order valence-corrected chi connectivity index (χ0v) is 6.83. The molecule has 0 atom stereocenters. The molecule has 0 amide bonds. The number of hydrogen-bond acceptors (Lipinski definition) is 3. The van der Waals surface area contributed by atoms with Gasteiger partial charge in [-0.2, -0.15) is 8.78 Å². The Morgan fingerprint density at radius 1 is 1.54 bits per heavy atom. The second-order valence-electron chi connectivity index (χ2n) is 2.32. The molecule has 0 aliphatic heterocycles. The number of ether oxygens (including phenoxy) is 1. The van der Waals surface area contributed by atoms with Crippen molar-refractivity contribution >= 4 is 6.29 Å². The molecule has 0 bridgehead atoms. The van der Waals surface area contributed by atoms with Crippen LogP contribution in [0.4, 0.5) is 8.78 Å². The van der Waals surface area contributed by atoms with Gasteiger partial charge in [0.05, 0.1) is 5.69 Å². The monoisotopic (exact) mass is 187 g/mol. The van der Waals surface area contributed by atoms with Crippen LogP contribution in [0.25, 0.3) is 0 Å². The number of nitrogens with zero attached hydrogens (tertiary/aromatic N) is 1. The zero-order valence-electron chi connectivity index (χ0n) is 6.83. The maximum Gasteiger partial charge on any atom is 0.388 e. The third-order valence-corrected chi connectivity index (χ3v) is 1.44. The summed E-state index contributed by atoms with van der Waals surface area (Å²) >= 11 is 0. The highest BCUT2D eigenvalue weighted by molar-refractivity contribution is 5.76. The number of rotatable bonds is 3. The third kappa shape index (κ3) is 2.47. The second kappa shape index (κ2) is 3.93. The van der Waals surface area contributed by atoms with Crippen molar-refractivity contribution in [3.05, 3.63) is 23.4 Å². The molecule has 1 aromatic rings. The van der Waals surface area contributed by atoms with Crippen molar-refractivity contribution in [1.29, 1.82) is 0 Å². The summed E-state index contributed by atoms with van der Waals surface area (Å²) in [5.41, 5.74) is 0.731. The van der Waals surface area contributed by atoms with Gasteiger partial charge in [-0.1, -0.05) is 0 Å². The molecule has 0 aliphatic carbocycles. The molecule has 0 unspecified atom stereocenters. The average Bonchev–Trinajstić information content (AvgIpc) is 2.03. The van der Waals surface area contributed by atoms with Gasteiger partial charge in [0.25, 0.3) is 0 Å². The Bertz CT molecular complexity index is 315. The summed E-state index contributed by atoms with van der Waals surface area (Å²) in [5, 5.41) is 0. The highest BCUT2D eigenvalue weighted by Crippen LogP contribution is 2.13. The first-order chi connectivity index (χ1) is 6.13. The topological polar surface area (TPSA) is 39.2 Å². The Morgan fingerprint density at radius 3 is 2.69 bits per heavy atom. The lowest BCUT2D eigenvalue weighted by atomic mass is 10.2. The number of aldehydes is 1. The standard InChI is InChI=1S/C8H7F2NO2/c1-5-6(4-12)2-3-7(11-5)13-8(9)10/h2-4,8H,1H3. The maximum atomic E-state index is 11.7. The quantitative estimate of drug-likeness (QED) is 0.677. The average molecular weight is 187 g/mol. The molecule has 0 radical (unpaired) electrons. The molecule has 70 valence electrons. The molecule has 0 aliphatic rings. The van der Waals surface area contributed by atoms with E-state index >= 15 is 0 Å². The summed E-state index contributed by atoms with van der Waals surface area (Å²) < 4.78 is 27.4.